The van der Waals surface area contributed by atoms with E-state index in [2.05, 4.69) is 41.5 Å². The Morgan fingerprint density at radius 3 is 2.13 bits per heavy atom. The van der Waals surface area contributed by atoms with Gasteiger partial charge in [-0.05, 0) is 75.0 Å². The lowest BCUT2D eigenvalue weighted by Crippen LogP contribution is -2.40. The fourth-order valence-electron chi connectivity index (χ4n) is 5.90. The average molecular weight is 437 g/mol. The molecule has 2 saturated carbocycles. The molecular weight excluding hydrogens is 388 g/mol. The Morgan fingerprint density at radius 2 is 1.65 bits per heavy atom. The van der Waals surface area contributed by atoms with Crippen LogP contribution in [0.5, 0.6) is 0 Å². The van der Waals surface area contributed by atoms with Crippen LogP contribution in [-0.4, -0.2) is 23.6 Å². The van der Waals surface area contributed by atoms with Gasteiger partial charge in [0.25, 0.3) is 0 Å². The van der Waals surface area contributed by atoms with E-state index in [-0.39, 0.29) is 41.0 Å². The van der Waals surface area contributed by atoms with Crippen LogP contribution in [0, 0.1) is 34.5 Å². The fourth-order valence-corrected chi connectivity index (χ4v) is 5.90. The normalized spacial score (nSPS) is 29.1. The fraction of sp³-hybridized carbons (Fsp3) is 0.926. The van der Waals surface area contributed by atoms with E-state index in [0.29, 0.717) is 11.8 Å². The Hall–Kier alpha value is -1.06. The smallest absolute Gasteiger partial charge is 0.310 e. The van der Waals surface area contributed by atoms with Crippen molar-refractivity contribution in [1.82, 2.24) is 0 Å². The molecule has 4 heteroatoms. The summed E-state index contributed by atoms with van der Waals surface area (Å²) in [5.74, 6) is 0.998. The molecule has 180 valence electrons. The second-order valence-corrected chi connectivity index (χ2v) is 12.6. The van der Waals surface area contributed by atoms with Crippen LogP contribution >= 0.6 is 0 Å². The second kappa shape index (κ2) is 9.83. The van der Waals surface area contributed by atoms with Gasteiger partial charge in [0.05, 0.1) is 12.3 Å². The molecule has 4 nitrogen and oxygen atoms in total. The van der Waals surface area contributed by atoms with E-state index < -0.39 is 11.7 Å². The van der Waals surface area contributed by atoms with Gasteiger partial charge in [0, 0.05) is 0 Å². The van der Waals surface area contributed by atoms with Crippen LogP contribution < -0.4 is 0 Å². The third-order valence-electron chi connectivity index (χ3n) is 8.46. The highest BCUT2D eigenvalue weighted by Crippen LogP contribution is 2.68. The molecule has 0 aromatic carbocycles. The molecule has 0 amide bonds. The van der Waals surface area contributed by atoms with Gasteiger partial charge in [0.15, 0.2) is 0 Å². The molecule has 0 aromatic heterocycles. The van der Waals surface area contributed by atoms with Crippen molar-refractivity contribution in [2.24, 2.45) is 34.5 Å². The summed E-state index contributed by atoms with van der Waals surface area (Å²) < 4.78 is 11.7. The second-order valence-electron chi connectivity index (χ2n) is 12.6. The van der Waals surface area contributed by atoms with Gasteiger partial charge < -0.3 is 9.47 Å². The van der Waals surface area contributed by atoms with Crippen LogP contribution in [-0.2, 0) is 19.1 Å². The molecule has 2 bridgehead atoms. The number of carbonyl (C=O) groups is 2. The molecule has 0 spiro atoms. The predicted molar refractivity (Wildman–Crippen MR) is 126 cm³/mol. The Kier molecular flexibility index (Phi) is 8.31. The minimum atomic E-state index is -0.533. The third-order valence-corrected chi connectivity index (χ3v) is 8.46. The monoisotopic (exact) mass is 436 g/mol. The number of rotatable bonds is 10. The minimum Gasteiger partial charge on any atom is -0.461 e. The Bertz CT molecular complexity index is 630. The summed E-state index contributed by atoms with van der Waals surface area (Å²) in [6.07, 6.45) is 7.39. The summed E-state index contributed by atoms with van der Waals surface area (Å²) in [6, 6.07) is 0. The van der Waals surface area contributed by atoms with Crippen molar-refractivity contribution < 1.29 is 19.1 Å². The summed E-state index contributed by atoms with van der Waals surface area (Å²) in [5, 5.41) is 0. The quantitative estimate of drug-likeness (QED) is 0.275. The van der Waals surface area contributed by atoms with Crippen molar-refractivity contribution in [3.05, 3.63) is 0 Å². The summed E-state index contributed by atoms with van der Waals surface area (Å²) >= 11 is 0. The molecule has 2 aliphatic carbocycles. The van der Waals surface area contributed by atoms with E-state index in [1.807, 2.05) is 20.8 Å². The first-order valence-corrected chi connectivity index (χ1v) is 12.6. The number of unbranched alkanes of at least 4 members (excludes halogenated alkanes) is 1. The lowest BCUT2D eigenvalue weighted by molar-refractivity contribution is -0.169. The van der Waals surface area contributed by atoms with E-state index in [1.165, 1.54) is 19.3 Å². The number of fused-ring (bicyclic) bond motifs is 2. The predicted octanol–water partition coefficient (Wildman–Crippen LogP) is 6.94. The summed E-state index contributed by atoms with van der Waals surface area (Å²) in [5.41, 5.74) is -0.375. The zero-order chi connectivity index (χ0) is 23.6. The number of esters is 2. The first kappa shape index (κ1) is 26.2. The molecule has 0 N–H and O–H groups in total. The van der Waals surface area contributed by atoms with Gasteiger partial charge in [0.1, 0.15) is 11.7 Å². The molecule has 0 heterocycles. The topological polar surface area (TPSA) is 52.6 Å². The molecule has 2 aliphatic rings. The van der Waals surface area contributed by atoms with Crippen LogP contribution in [0.2, 0.25) is 0 Å². The van der Waals surface area contributed by atoms with Gasteiger partial charge in [-0.3, -0.25) is 9.59 Å². The highest BCUT2D eigenvalue weighted by Gasteiger charge is 2.63. The van der Waals surface area contributed by atoms with Crippen molar-refractivity contribution in [2.45, 2.75) is 125 Å². The van der Waals surface area contributed by atoms with E-state index >= 15 is 0 Å². The van der Waals surface area contributed by atoms with Gasteiger partial charge in [-0.15, -0.1) is 0 Å². The molecule has 0 aliphatic heterocycles. The van der Waals surface area contributed by atoms with E-state index in [4.69, 9.17) is 9.47 Å². The molecule has 5 atom stereocenters. The molecule has 5 unspecified atom stereocenters. The first-order chi connectivity index (χ1) is 14.2. The van der Waals surface area contributed by atoms with Crippen molar-refractivity contribution in [3.63, 3.8) is 0 Å². The zero-order valence-electron chi connectivity index (χ0n) is 21.7. The highest BCUT2D eigenvalue weighted by atomic mass is 16.6. The standard InChI is InChI=1S/C27H48O4/c1-18(2)12-10-11-13-19(3)22(17-23(28)31-25(4,5)6)30-24(29)21-16-20-14-15-27(21,9)26(20,7)8/h18-22H,10-17H2,1-9H3. The largest absolute Gasteiger partial charge is 0.461 e. The van der Waals surface area contributed by atoms with Gasteiger partial charge in [0.2, 0.25) is 0 Å². The number of carbonyl (C=O) groups excluding carboxylic acids is 2. The lowest BCUT2D eigenvalue weighted by atomic mass is 9.67. The van der Waals surface area contributed by atoms with Gasteiger partial charge in [-0.1, -0.05) is 60.8 Å². The Balaban J connectivity index is 2.05. The molecular formula is C27H48O4. The minimum absolute atomic E-state index is 0.00821. The van der Waals surface area contributed by atoms with E-state index in [9.17, 15) is 9.59 Å². The average Bonchev–Trinajstić information content (AvgIpc) is 2.96. The molecule has 0 aromatic rings. The first-order valence-electron chi connectivity index (χ1n) is 12.6. The number of hydrogen-bond acceptors (Lipinski definition) is 4. The third kappa shape index (κ3) is 6.26. The molecule has 2 fully saturated rings. The van der Waals surface area contributed by atoms with Crippen molar-refractivity contribution in [3.8, 4) is 0 Å². The van der Waals surface area contributed by atoms with Crippen molar-refractivity contribution >= 4 is 11.9 Å². The van der Waals surface area contributed by atoms with Gasteiger partial charge >= 0.3 is 11.9 Å². The molecule has 2 rings (SSSR count). The molecule has 31 heavy (non-hydrogen) atoms. The van der Waals surface area contributed by atoms with Crippen LogP contribution in [0.4, 0.5) is 0 Å². The highest BCUT2D eigenvalue weighted by molar-refractivity contribution is 5.76. The maximum atomic E-state index is 13.4. The summed E-state index contributed by atoms with van der Waals surface area (Å²) in [4.78, 5) is 25.9. The van der Waals surface area contributed by atoms with Crippen molar-refractivity contribution in [1.29, 1.82) is 0 Å². The van der Waals surface area contributed by atoms with Crippen LogP contribution in [0.1, 0.15) is 114 Å². The van der Waals surface area contributed by atoms with Crippen LogP contribution in [0.15, 0.2) is 0 Å². The Morgan fingerprint density at radius 1 is 1.03 bits per heavy atom. The van der Waals surface area contributed by atoms with E-state index in [1.54, 1.807) is 0 Å². The number of hydrogen-bond donors (Lipinski definition) is 0. The SMILES string of the molecule is CC(C)CCCCC(C)C(CC(=O)OC(C)(C)C)OC(=O)C1CC2CCC1(C)C2(C)C. The summed E-state index contributed by atoms with van der Waals surface area (Å²) in [7, 11) is 0. The van der Waals surface area contributed by atoms with Crippen LogP contribution in [0.3, 0.4) is 0 Å². The van der Waals surface area contributed by atoms with Gasteiger partial charge in [-0.25, -0.2) is 0 Å². The maximum absolute atomic E-state index is 13.4. The molecule has 0 radical (unpaired) electrons. The summed E-state index contributed by atoms with van der Waals surface area (Å²) in [6.45, 7) is 19.1. The van der Waals surface area contributed by atoms with Gasteiger partial charge in [-0.2, -0.15) is 0 Å². The van der Waals surface area contributed by atoms with Crippen LogP contribution in [0.25, 0.3) is 0 Å². The maximum Gasteiger partial charge on any atom is 0.310 e. The Labute approximate surface area is 191 Å². The number of ether oxygens (including phenoxy) is 2. The zero-order valence-corrected chi connectivity index (χ0v) is 21.7. The van der Waals surface area contributed by atoms with Crippen molar-refractivity contribution in [2.75, 3.05) is 0 Å². The van der Waals surface area contributed by atoms with E-state index in [0.717, 1.165) is 25.7 Å². The lowest BCUT2D eigenvalue weighted by Gasteiger charge is -2.38. The molecule has 0 saturated heterocycles.